The van der Waals surface area contributed by atoms with E-state index in [1.807, 2.05) is 24.3 Å². The summed E-state index contributed by atoms with van der Waals surface area (Å²) >= 11 is 3.46. The summed E-state index contributed by atoms with van der Waals surface area (Å²) in [5.74, 6) is -0.0434. The van der Waals surface area contributed by atoms with Crippen molar-refractivity contribution in [3.63, 3.8) is 0 Å². The van der Waals surface area contributed by atoms with Crippen LogP contribution in [0.3, 0.4) is 0 Å². The molecule has 0 aliphatic heterocycles. The van der Waals surface area contributed by atoms with Crippen LogP contribution < -0.4 is 5.73 Å². The van der Waals surface area contributed by atoms with Crippen molar-refractivity contribution in [2.45, 2.75) is 25.4 Å². The van der Waals surface area contributed by atoms with E-state index in [-0.39, 0.29) is 5.92 Å². The fraction of sp³-hybridized carbons (Fsp3) is 0.455. The quantitative estimate of drug-likeness (QED) is 0.873. The highest BCUT2D eigenvalue weighted by Crippen LogP contribution is 2.31. The maximum atomic E-state index is 9.95. The third kappa shape index (κ3) is 2.56. The van der Waals surface area contributed by atoms with Gasteiger partial charge in [0.15, 0.2) is 0 Å². The van der Waals surface area contributed by atoms with Crippen molar-refractivity contribution in [3.05, 3.63) is 34.3 Å². The molecule has 0 spiro atoms. The van der Waals surface area contributed by atoms with Crippen molar-refractivity contribution in [1.29, 1.82) is 0 Å². The number of halogens is 1. The number of hydrogen-bond acceptors (Lipinski definition) is 2. The lowest BCUT2D eigenvalue weighted by molar-refractivity contribution is 0.0523. The monoisotopic (exact) mass is 257 g/mol. The summed E-state index contributed by atoms with van der Waals surface area (Å²) < 4.78 is 0.998. The third-order valence-corrected chi connectivity index (χ3v) is 3.09. The largest absolute Gasteiger partial charge is 0.390 e. The fourth-order valence-corrected chi connectivity index (χ4v) is 2.11. The Morgan fingerprint density at radius 2 is 2.00 bits per heavy atom. The smallest absolute Gasteiger partial charge is 0.0672 e. The molecule has 1 atom stereocenters. The fourth-order valence-electron chi connectivity index (χ4n) is 1.55. The number of nitrogens with two attached hydrogens (primary N) is 1. The highest BCUT2D eigenvalue weighted by atomic mass is 79.9. The molecular formula is C11H16BrNO. The molecule has 14 heavy (non-hydrogen) atoms. The maximum Gasteiger partial charge on any atom is 0.0672 e. The number of rotatable bonds is 3. The molecule has 1 aromatic rings. The van der Waals surface area contributed by atoms with Gasteiger partial charge in [0.2, 0.25) is 0 Å². The lowest BCUT2D eigenvalue weighted by Gasteiger charge is -2.29. The van der Waals surface area contributed by atoms with Crippen molar-refractivity contribution < 1.29 is 5.11 Å². The van der Waals surface area contributed by atoms with Crippen LogP contribution in [0.2, 0.25) is 0 Å². The van der Waals surface area contributed by atoms with Crippen LogP contribution in [-0.4, -0.2) is 17.3 Å². The number of benzene rings is 1. The molecule has 3 heteroatoms. The molecule has 0 radical (unpaired) electrons. The Bertz CT molecular complexity index is 306. The van der Waals surface area contributed by atoms with E-state index >= 15 is 0 Å². The summed E-state index contributed by atoms with van der Waals surface area (Å²) in [7, 11) is 0. The predicted molar refractivity (Wildman–Crippen MR) is 62.2 cm³/mol. The second-order valence-corrected chi connectivity index (χ2v) is 4.82. The van der Waals surface area contributed by atoms with Gasteiger partial charge in [0.25, 0.3) is 0 Å². The first-order valence-corrected chi connectivity index (χ1v) is 5.43. The average Bonchev–Trinajstić information content (AvgIpc) is 2.07. The molecule has 1 rings (SSSR count). The molecular weight excluding hydrogens is 242 g/mol. The molecule has 2 nitrogen and oxygen atoms in total. The Morgan fingerprint density at radius 1 is 1.43 bits per heavy atom. The van der Waals surface area contributed by atoms with Crippen LogP contribution in [0.5, 0.6) is 0 Å². The second kappa shape index (κ2) is 4.43. The van der Waals surface area contributed by atoms with Crippen LogP contribution in [0.1, 0.15) is 25.3 Å². The van der Waals surface area contributed by atoms with Crippen LogP contribution in [0.15, 0.2) is 28.7 Å². The van der Waals surface area contributed by atoms with E-state index in [0.29, 0.717) is 6.54 Å². The predicted octanol–water partition coefficient (Wildman–Crippen LogP) is 2.26. The van der Waals surface area contributed by atoms with Gasteiger partial charge in [-0.2, -0.15) is 0 Å². The van der Waals surface area contributed by atoms with Gasteiger partial charge >= 0.3 is 0 Å². The molecule has 1 unspecified atom stereocenters. The van der Waals surface area contributed by atoms with Crippen LogP contribution >= 0.6 is 15.9 Å². The van der Waals surface area contributed by atoms with E-state index in [1.54, 1.807) is 13.8 Å². The van der Waals surface area contributed by atoms with Gasteiger partial charge in [-0.1, -0.05) is 34.1 Å². The van der Waals surface area contributed by atoms with Gasteiger partial charge in [0, 0.05) is 16.9 Å². The van der Waals surface area contributed by atoms with Gasteiger partial charge in [-0.05, 0) is 25.5 Å². The zero-order valence-electron chi connectivity index (χ0n) is 8.50. The Labute approximate surface area is 93.3 Å². The molecule has 1 aromatic carbocycles. The first kappa shape index (κ1) is 11.7. The molecule has 3 N–H and O–H groups in total. The van der Waals surface area contributed by atoms with E-state index in [0.717, 1.165) is 10.0 Å². The summed E-state index contributed by atoms with van der Waals surface area (Å²) in [5.41, 5.74) is 5.94. The van der Waals surface area contributed by atoms with E-state index < -0.39 is 5.60 Å². The van der Waals surface area contributed by atoms with Gasteiger partial charge in [0.05, 0.1) is 5.60 Å². The summed E-state index contributed by atoms with van der Waals surface area (Å²) in [6, 6.07) is 7.85. The minimum Gasteiger partial charge on any atom is -0.390 e. The first-order valence-electron chi connectivity index (χ1n) is 4.63. The van der Waals surface area contributed by atoms with Gasteiger partial charge in [-0.3, -0.25) is 0 Å². The third-order valence-electron chi connectivity index (χ3n) is 2.37. The molecule has 0 bridgehead atoms. The van der Waals surface area contributed by atoms with E-state index in [1.165, 1.54) is 0 Å². The second-order valence-electron chi connectivity index (χ2n) is 3.96. The summed E-state index contributed by atoms with van der Waals surface area (Å²) in [5, 5.41) is 9.95. The van der Waals surface area contributed by atoms with Crippen LogP contribution in [0.25, 0.3) is 0 Å². The number of hydrogen-bond donors (Lipinski definition) is 2. The van der Waals surface area contributed by atoms with Crippen molar-refractivity contribution in [2.24, 2.45) is 5.73 Å². The highest BCUT2D eigenvalue weighted by molar-refractivity contribution is 9.10. The maximum absolute atomic E-state index is 9.95. The van der Waals surface area contributed by atoms with Gasteiger partial charge in [-0.25, -0.2) is 0 Å². The lowest BCUT2D eigenvalue weighted by atomic mass is 9.85. The zero-order valence-corrected chi connectivity index (χ0v) is 10.1. The molecule has 0 saturated heterocycles. The molecule has 0 aliphatic rings. The number of aliphatic hydroxyl groups is 1. The first-order chi connectivity index (χ1) is 6.46. The Kier molecular flexibility index (Phi) is 3.70. The minimum absolute atomic E-state index is 0.0434. The zero-order chi connectivity index (χ0) is 10.8. The topological polar surface area (TPSA) is 46.2 Å². The van der Waals surface area contributed by atoms with E-state index in [4.69, 9.17) is 5.73 Å². The van der Waals surface area contributed by atoms with Crippen molar-refractivity contribution >= 4 is 15.9 Å². The molecule has 0 amide bonds. The van der Waals surface area contributed by atoms with Crippen LogP contribution in [0, 0.1) is 0 Å². The summed E-state index contributed by atoms with van der Waals surface area (Å²) in [4.78, 5) is 0. The van der Waals surface area contributed by atoms with Crippen LogP contribution in [0.4, 0.5) is 0 Å². The average molecular weight is 258 g/mol. The highest BCUT2D eigenvalue weighted by Gasteiger charge is 2.28. The molecule has 0 saturated carbocycles. The van der Waals surface area contributed by atoms with E-state index in [9.17, 15) is 5.11 Å². The van der Waals surface area contributed by atoms with Crippen LogP contribution in [-0.2, 0) is 0 Å². The Hall–Kier alpha value is -0.380. The molecule has 0 heterocycles. The lowest BCUT2D eigenvalue weighted by Crippen LogP contribution is -2.34. The Morgan fingerprint density at radius 3 is 2.43 bits per heavy atom. The van der Waals surface area contributed by atoms with Gasteiger partial charge in [-0.15, -0.1) is 0 Å². The SMILES string of the molecule is CC(C)(O)C(CN)c1ccccc1Br. The van der Waals surface area contributed by atoms with Crippen molar-refractivity contribution in [3.8, 4) is 0 Å². The van der Waals surface area contributed by atoms with Gasteiger partial charge < -0.3 is 10.8 Å². The van der Waals surface area contributed by atoms with E-state index in [2.05, 4.69) is 15.9 Å². The standard InChI is InChI=1S/C11H16BrNO/c1-11(2,14)9(7-13)8-5-3-4-6-10(8)12/h3-6,9,14H,7,13H2,1-2H3. The van der Waals surface area contributed by atoms with Crippen molar-refractivity contribution in [2.75, 3.05) is 6.54 Å². The van der Waals surface area contributed by atoms with Crippen molar-refractivity contribution in [1.82, 2.24) is 0 Å². The molecule has 78 valence electrons. The molecule has 0 aliphatic carbocycles. The Balaban J connectivity index is 3.08. The normalized spacial score (nSPS) is 14.1. The van der Waals surface area contributed by atoms with Gasteiger partial charge in [0.1, 0.15) is 0 Å². The summed E-state index contributed by atoms with van der Waals surface area (Å²) in [6.07, 6.45) is 0. The minimum atomic E-state index is -0.793. The molecule has 0 fully saturated rings. The molecule has 0 aromatic heterocycles. The summed E-state index contributed by atoms with van der Waals surface area (Å²) in [6.45, 7) is 4.00.